The summed E-state index contributed by atoms with van der Waals surface area (Å²) < 4.78 is 57.1. The van der Waals surface area contributed by atoms with Gasteiger partial charge in [0.15, 0.2) is 5.76 Å². The van der Waals surface area contributed by atoms with Crippen molar-refractivity contribution in [3.05, 3.63) is 77.8 Å². The highest BCUT2D eigenvalue weighted by Gasteiger charge is 2.42. The fourth-order valence-corrected chi connectivity index (χ4v) is 5.01. The zero-order valence-electron chi connectivity index (χ0n) is 17.8. The summed E-state index contributed by atoms with van der Waals surface area (Å²) in [4.78, 5) is 4.24. The minimum Gasteiger partial charge on any atom is -0.495 e. The SMILES string of the molecule is COc1cc(/C=C2\OCCN3C2=NS(=O)(=O)N3c2ccc(F)cc2)ccc1-n1cnc(C)c1. The molecule has 0 unspecified atom stereocenters. The smallest absolute Gasteiger partial charge is 0.364 e. The molecule has 170 valence electrons. The second-order valence-corrected chi connectivity index (χ2v) is 8.87. The minimum atomic E-state index is -4.05. The first kappa shape index (κ1) is 21.0. The Hall–Kier alpha value is -3.86. The maximum Gasteiger partial charge on any atom is 0.364 e. The third-order valence-corrected chi connectivity index (χ3v) is 6.45. The summed E-state index contributed by atoms with van der Waals surface area (Å²) in [5, 5.41) is 1.51. The van der Waals surface area contributed by atoms with E-state index in [1.165, 1.54) is 29.3 Å². The molecule has 0 spiro atoms. The quantitative estimate of drug-likeness (QED) is 0.584. The van der Waals surface area contributed by atoms with E-state index in [0.29, 0.717) is 11.5 Å². The number of anilines is 1. The van der Waals surface area contributed by atoms with E-state index in [-0.39, 0.29) is 24.7 Å². The van der Waals surface area contributed by atoms with E-state index < -0.39 is 16.0 Å². The molecule has 1 fully saturated rings. The molecule has 3 heterocycles. The molecule has 3 aromatic rings. The van der Waals surface area contributed by atoms with Crippen LogP contribution in [0.25, 0.3) is 11.8 Å². The third kappa shape index (κ3) is 3.80. The number of hydrazine groups is 1. The molecule has 1 aromatic heterocycles. The summed E-state index contributed by atoms with van der Waals surface area (Å²) in [7, 11) is -2.47. The molecule has 0 atom stereocenters. The van der Waals surface area contributed by atoms with E-state index in [2.05, 4.69) is 9.38 Å². The van der Waals surface area contributed by atoms with E-state index in [1.54, 1.807) is 19.5 Å². The Bertz CT molecular complexity index is 1380. The maximum absolute atomic E-state index is 13.3. The molecule has 9 nitrogen and oxygen atoms in total. The summed E-state index contributed by atoms with van der Waals surface area (Å²) in [6.07, 6.45) is 5.30. The van der Waals surface area contributed by atoms with Crippen LogP contribution in [0.5, 0.6) is 5.75 Å². The normalized spacial score (nSPS) is 18.2. The molecule has 0 amide bonds. The number of aryl methyl sites for hydroxylation is 1. The van der Waals surface area contributed by atoms with E-state index in [1.807, 2.05) is 35.9 Å². The van der Waals surface area contributed by atoms with E-state index in [9.17, 15) is 12.8 Å². The second-order valence-electron chi connectivity index (χ2n) is 7.45. The zero-order chi connectivity index (χ0) is 23.2. The summed E-state index contributed by atoms with van der Waals surface area (Å²) in [6, 6.07) is 10.8. The van der Waals surface area contributed by atoms with E-state index >= 15 is 0 Å². The topological polar surface area (TPSA) is 89.3 Å². The monoisotopic (exact) mass is 469 g/mol. The van der Waals surface area contributed by atoms with Crippen molar-refractivity contribution in [3.63, 3.8) is 0 Å². The fraction of sp³-hybridized carbons (Fsp3) is 0.182. The molecule has 0 saturated carbocycles. The van der Waals surface area contributed by atoms with Gasteiger partial charge < -0.3 is 14.0 Å². The Kier molecular flexibility index (Phi) is 5.05. The molecule has 2 aliphatic heterocycles. The number of imidazole rings is 1. The van der Waals surface area contributed by atoms with Crippen molar-refractivity contribution in [3.8, 4) is 11.4 Å². The van der Waals surface area contributed by atoms with Crippen LogP contribution in [0.3, 0.4) is 0 Å². The minimum absolute atomic E-state index is 0.166. The van der Waals surface area contributed by atoms with Crippen LogP contribution >= 0.6 is 0 Å². The van der Waals surface area contributed by atoms with Crippen molar-refractivity contribution < 1.29 is 22.3 Å². The molecule has 33 heavy (non-hydrogen) atoms. The Morgan fingerprint density at radius 1 is 1.18 bits per heavy atom. The number of nitrogens with zero attached hydrogens (tertiary/aromatic N) is 5. The van der Waals surface area contributed by atoms with Crippen LogP contribution in [0.2, 0.25) is 0 Å². The lowest BCUT2D eigenvalue weighted by Gasteiger charge is -2.33. The Morgan fingerprint density at radius 3 is 2.67 bits per heavy atom. The number of fused-ring (bicyclic) bond motifs is 1. The first-order valence-electron chi connectivity index (χ1n) is 10.1. The van der Waals surface area contributed by atoms with Gasteiger partial charge in [-0.3, -0.25) is 0 Å². The van der Waals surface area contributed by atoms with Gasteiger partial charge in [-0.25, -0.2) is 14.4 Å². The van der Waals surface area contributed by atoms with Crippen LogP contribution in [0.4, 0.5) is 10.1 Å². The Morgan fingerprint density at radius 2 is 1.97 bits per heavy atom. The molecular formula is C22H20FN5O4S. The molecule has 11 heteroatoms. The highest BCUT2D eigenvalue weighted by molar-refractivity contribution is 7.92. The van der Waals surface area contributed by atoms with Gasteiger partial charge >= 0.3 is 10.2 Å². The van der Waals surface area contributed by atoms with Gasteiger partial charge in [-0.05, 0) is 55.0 Å². The van der Waals surface area contributed by atoms with E-state index in [0.717, 1.165) is 21.4 Å². The summed E-state index contributed by atoms with van der Waals surface area (Å²) in [5.74, 6) is 0.632. The number of aromatic nitrogens is 2. The van der Waals surface area contributed by atoms with Crippen LogP contribution in [0.15, 0.2) is 65.1 Å². The van der Waals surface area contributed by atoms with Crippen LogP contribution < -0.4 is 9.15 Å². The molecule has 0 aliphatic carbocycles. The lowest BCUT2D eigenvalue weighted by atomic mass is 10.1. The predicted octanol–water partition coefficient (Wildman–Crippen LogP) is 3.08. The molecule has 2 aliphatic rings. The van der Waals surface area contributed by atoms with Crippen LogP contribution in [0.1, 0.15) is 11.3 Å². The fourth-order valence-electron chi connectivity index (χ4n) is 3.73. The number of hydrogen-bond acceptors (Lipinski definition) is 6. The molecule has 2 aromatic carbocycles. The number of ether oxygens (including phenoxy) is 2. The highest BCUT2D eigenvalue weighted by Crippen LogP contribution is 2.32. The molecule has 0 radical (unpaired) electrons. The van der Waals surface area contributed by atoms with Crippen molar-refractivity contribution in [1.29, 1.82) is 0 Å². The van der Waals surface area contributed by atoms with Crippen molar-refractivity contribution >= 4 is 27.8 Å². The Labute approximate surface area is 190 Å². The average molecular weight is 469 g/mol. The number of rotatable bonds is 4. The molecule has 5 rings (SSSR count). The van der Waals surface area contributed by atoms with Crippen molar-refractivity contribution in [2.75, 3.05) is 24.7 Å². The van der Waals surface area contributed by atoms with Gasteiger partial charge in [0.05, 0.1) is 37.1 Å². The van der Waals surface area contributed by atoms with Gasteiger partial charge in [-0.2, -0.15) is 12.8 Å². The summed E-state index contributed by atoms with van der Waals surface area (Å²) >= 11 is 0. The van der Waals surface area contributed by atoms with Gasteiger partial charge in [0.25, 0.3) is 0 Å². The van der Waals surface area contributed by atoms with Crippen molar-refractivity contribution in [2.24, 2.45) is 4.40 Å². The van der Waals surface area contributed by atoms with Gasteiger partial charge in [0.2, 0.25) is 5.84 Å². The predicted molar refractivity (Wildman–Crippen MR) is 121 cm³/mol. The number of benzene rings is 2. The summed E-state index contributed by atoms with van der Waals surface area (Å²) in [5.41, 5.74) is 2.72. The zero-order valence-corrected chi connectivity index (χ0v) is 18.7. The molecular weight excluding hydrogens is 449 g/mol. The lowest BCUT2D eigenvalue weighted by molar-refractivity contribution is 0.176. The third-order valence-electron chi connectivity index (χ3n) is 5.20. The average Bonchev–Trinajstić information content (AvgIpc) is 3.34. The number of halogens is 1. The van der Waals surface area contributed by atoms with Crippen molar-refractivity contribution in [1.82, 2.24) is 14.6 Å². The first-order chi connectivity index (χ1) is 15.9. The summed E-state index contributed by atoms with van der Waals surface area (Å²) in [6.45, 7) is 2.43. The maximum atomic E-state index is 13.3. The van der Waals surface area contributed by atoms with Crippen molar-refractivity contribution in [2.45, 2.75) is 6.92 Å². The Balaban J connectivity index is 1.50. The number of hydrogen-bond donors (Lipinski definition) is 0. The van der Waals surface area contributed by atoms with Gasteiger partial charge in [-0.15, -0.1) is 4.40 Å². The molecule has 0 N–H and O–H groups in total. The van der Waals surface area contributed by atoms with Gasteiger partial charge in [0, 0.05) is 6.20 Å². The van der Waals surface area contributed by atoms with Crippen LogP contribution in [0, 0.1) is 12.7 Å². The first-order valence-corrected chi connectivity index (χ1v) is 11.5. The molecule has 0 bridgehead atoms. The standard InChI is InChI=1S/C22H20FN5O4S/c1-15-13-26(14-24-15)19-8-3-16(11-20(19)31-2)12-21-22-25-33(29,30)28(27(22)9-10-32-21)18-6-4-17(23)5-7-18/h3-8,11-14H,9-10H2,1-2H3/b21-12-. The molecule has 1 saturated heterocycles. The van der Waals surface area contributed by atoms with Crippen LogP contribution in [-0.4, -0.2) is 49.1 Å². The van der Waals surface area contributed by atoms with E-state index in [4.69, 9.17) is 9.47 Å². The number of morpholine rings is 1. The van der Waals surface area contributed by atoms with Gasteiger partial charge in [0.1, 0.15) is 18.2 Å². The number of amidine groups is 1. The second kappa shape index (κ2) is 7.93. The highest BCUT2D eigenvalue weighted by atomic mass is 32.2. The lowest BCUT2D eigenvalue weighted by Crippen LogP contribution is -2.48. The van der Waals surface area contributed by atoms with Crippen LogP contribution in [-0.2, 0) is 14.9 Å². The largest absolute Gasteiger partial charge is 0.495 e. The van der Waals surface area contributed by atoms with Gasteiger partial charge in [-0.1, -0.05) is 6.07 Å². The number of methoxy groups -OCH3 is 1.